The van der Waals surface area contributed by atoms with Gasteiger partial charge in [0.15, 0.2) is 17.2 Å². The second kappa shape index (κ2) is 8.30. The van der Waals surface area contributed by atoms with Crippen molar-refractivity contribution in [1.29, 1.82) is 0 Å². The van der Waals surface area contributed by atoms with Gasteiger partial charge < -0.3 is 28.7 Å². The third-order valence-corrected chi connectivity index (χ3v) is 4.58. The summed E-state index contributed by atoms with van der Waals surface area (Å²) in [6, 6.07) is 6.86. The summed E-state index contributed by atoms with van der Waals surface area (Å²) >= 11 is 0. The van der Waals surface area contributed by atoms with Crippen LogP contribution in [0.2, 0.25) is 0 Å². The molecule has 8 nitrogen and oxygen atoms in total. The van der Waals surface area contributed by atoms with E-state index in [1.165, 1.54) is 0 Å². The van der Waals surface area contributed by atoms with Gasteiger partial charge in [-0.2, -0.15) is 0 Å². The Bertz CT molecular complexity index is 790. The molecule has 1 saturated heterocycles. The molecule has 3 rings (SSSR count). The van der Waals surface area contributed by atoms with Crippen LogP contribution < -0.4 is 14.2 Å². The first-order valence-electron chi connectivity index (χ1n) is 8.87. The third-order valence-electron chi connectivity index (χ3n) is 4.58. The van der Waals surface area contributed by atoms with Gasteiger partial charge in [-0.3, -0.25) is 4.79 Å². The molecular formula is C19H24N2O6. The smallest absolute Gasteiger partial charge is 0.276 e. The molecule has 1 fully saturated rings. The number of hydrogen-bond acceptors (Lipinski definition) is 7. The minimum atomic E-state index is -0.812. The van der Waals surface area contributed by atoms with E-state index in [-0.39, 0.29) is 18.1 Å². The van der Waals surface area contributed by atoms with Gasteiger partial charge in [-0.25, -0.2) is 0 Å². The second-order valence-electron chi connectivity index (χ2n) is 6.31. The number of carbonyl (C=O) groups is 1. The molecule has 0 saturated carbocycles. The number of aryl methyl sites for hydroxylation is 1. The van der Waals surface area contributed by atoms with E-state index in [9.17, 15) is 9.90 Å². The number of aromatic nitrogens is 1. The molecular weight excluding hydrogens is 352 g/mol. The highest BCUT2D eigenvalue weighted by Gasteiger charge is 2.33. The number of carbonyl (C=O) groups excluding carboxylic acids is 1. The van der Waals surface area contributed by atoms with Crippen LogP contribution in [0.5, 0.6) is 17.2 Å². The van der Waals surface area contributed by atoms with Gasteiger partial charge in [0, 0.05) is 31.5 Å². The van der Waals surface area contributed by atoms with E-state index in [1.54, 1.807) is 43.4 Å². The van der Waals surface area contributed by atoms with Gasteiger partial charge in [-0.05, 0) is 12.1 Å². The number of aliphatic hydroxyl groups is 1. The molecule has 0 spiro atoms. The Hall–Kier alpha value is -2.74. The number of benzene rings is 1. The van der Waals surface area contributed by atoms with Crippen molar-refractivity contribution in [2.24, 2.45) is 0 Å². The maximum Gasteiger partial charge on any atom is 0.276 e. The molecule has 0 unspecified atom stereocenters. The van der Waals surface area contributed by atoms with Gasteiger partial charge in [-0.15, -0.1) is 0 Å². The monoisotopic (exact) mass is 376 g/mol. The van der Waals surface area contributed by atoms with Gasteiger partial charge >= 0.3 is 0 Å². The first-order valence-corrected chi connectivity index (χ1v) is 8.87. The highest BCUT2D eigenvalue weighted by molar-refractivity contribution is 5.92. The van der Waals surface area contributed by atoms with E-state index in [0.717, 1.165) is 0 Å². The van der Waals surface area contributed by atoms with Gasteiger partial charge in [0.1, 0.15) is 23.7 Å². The highest BCUT2D eigenvalue weighted by Crippen LogP contribution is 2.32. The van der Waals surface area contributed by atoms with Crippen molar-refractivity contribution in [3.05, 3.63) is 35.7 Å². The van der Waals surface area contributed by atoms with E-state index in [2.05, 4.69) is 5.16 Å². The van der Waals surface area contributed by atoms with Crippen LogP contribution in [0.3, 0.4) is 0 Å². The maximum absolute atomic E-state index is 12.5. The zero-order chi connectivity index (χ0) is 19.4. The lowest BCUT2D eigenvalue weighted by atomic mass is 10.0. The lowest BCUT2D eigenvalue weighted by Crippen LogP contribution is -2.51. The van der Waals surface area contributed by atoms with Crippen LogP contribution in [0.1, 0.15) is 29.6 Å². The summed E-state index contributed by atoms with van der Waals surface area (Å²) in [4.78, 5) is 14.1. The summed E-state index contributed by atoms with van der Waals surface area (Å²) in [6.45, 7) is 2.56. The largest absolute Gasteiger partial charge is 0.493 e. The summed E-state index contributed by atoms with van der Waals surface area (Å²) in [5, 5.41) is 14.3. The Balaban J connectivity index is 1.62. The molecule has 1 aromatic heterocycles. The van der Waals surface area contributed by atoms with Gasteiger partial charge in [0.05, 0.1) is 20.8 Å². The number of amides is 1. The predicted octanol–water partition coefficient (Wildman–Crippen LogP) is 1.91. The molecule has 1 amide bonds. The lowest BCUT2D eigenvalue weighted by molar-refractivity contribution is -0.0202. The molecule has 8 heteroatoms. The Morgan fingerprint density at radius 1 is 1.30 bits per heavy atom. The third kappa shape index (κ3) is 4.16. The molecule has 2 heterocycles. The van der Waals surface area contributed by atoms with Crippen molar-refractivity contribution in [1.82, 2.24) is 10.1 Å². The minimum Gasteiger partial charge on any atom is -0.493 e. The molecule has 0 bridgehead atoms. The first-order chi connectivity index (χ1) is 13.0. The molecule has 1 aromatic carbocycles. The summed E-state index contributed by atoms with van der Waals surface area (Å²) < 4.78 is 21.5. The number of hydrogen-bond donors (Lipinski definition) is 1. The molecule has 1 N–H and O–H groups in total. The molecule has 146 valence electrons. The van der Waals surface area contributed by atoms with Gasteiger partial charge in [0.25, 0.3) is 5.91 Å². The summed E-state index contributed by atoms with van der Waals surface area (Å²) in [6.07, 6.45) is -0.0619. The van der Waals surface area contributed by atoms with Crippen LogP contribution in [-0.2, 0) is 6.42 Å². The number of β-amino-alcohol motifs (C(OH)–C–C–N with tert-alkyl or cyclic N) is 1. The zero-order valence-electron chi connectivity index (χ0n) is 15.7. The van der Waals surface area contributed by atoms with Crippen LogP contribution >= 0.6 is 0 Å². The number of aliphatic hydroxyl groups excluding tert-OH is 1. The standard InChI is InChI=1S/C19H24N2O6/c1-4-12-9-14(20-27-12)19(23)21-8-7-16(15(22)11-21)26-13-5-6-17(24-2)18(10-13)25-3/h5-6,9-10,15-16,22H,4,7-8,11H2,1-3H3/t15-,16-/m1/s1. The Labute approximate surface area is 157 Å². The fourth-order valence-corrected chi connectivity index (χ4v) is 3.04. The van der Waals surface area contributed by atoms with E-state index in [0.29, 0.717) is 42.4 Å². The van der Waals surface area contributed by atoms with Crippen molar-refractivity contribution in [3.8, 4) is 17.2 Å². The fraction of sp³-hybridized carbons (Fsp3) is 0.474. The van der Waals surface area contributed by atoms with Crippen LogP contribution in [-0.4, -0.2) is 60.6 Å². The average molecular weight is 376 g/mol. The second-order valence-corrected chi connectivity index (χ2v) is 6.31. The van der Waals surface area contributed by atoms with Crippen LogP contribution in [0.15, 0.2) is 28.8 Å². The number of ether oxygens (including phenoxy) is 3. The van der Waals surface area contributed by atoms with Gasteiger partial charge in [-0.1, -0.05) is 12.1 Å². The Morgan fingerprint density at radius 3 is 2.70 bits per heavy atom. The predicted molar refractivity (Wildman–Crippen MR) is 96.4 cm³/mol. The molecule has 2 atom stereocenters. The Kier molecular flexibility index (Phi) is 5.85. The van der Waals surface area contributed by atoms with Crippen LogP contribution in [0.4, 0.5) is 0 Å². The quantitative estimate of drug-likeness (QED) is 0.823. The van der Waals surface area contributed by atoms with Crippen LogP contribution in [0, 0.1) is 0 Å². The number of methoxy groups -OCH3 is 2. The van der Waals surface area contributed by atoms with Gasteiger partial charge in [0.2, 0.25) is 0 Å². The van der Waals surface area contributed by atoms with Crippen molar-refractivity contribution < 1.29 is 28.6 Å². The Morgan fingerprint density at radius 2 is 2.07 bits per heavy atom. The summed E-state index contributed by atoms with van der Waals surface area (Å²) in [5.74, 6) is 2.13. The molecule has 1 aliphatic heterocycles. The van der Waals surface area contributed by atoms with Crippen molar-refractivity contribution in [2.45, 2.75) is 32.0 Å². The van der Waals surface area contributed by atoms with E-state index in [4.69, 9.17) is 18.7 Å². The molecule has 0 radical (unpaired) electrons. The zero-order valence-corrected chi connectivity index (χ0v) is 15.7. The number of nitrogens with zero attached hydrogens (tertiary/aromatic N) is 2. The van der Waals surface area contributed by atoms with E-state index < -0.39 is 12.2 Å². The van der Waals surface area contributed by atoms with E-state index in [1.807, 2.05) is 6.92 Å². The molecule has 27 heavy (non-hydrogen) atoms. The number of piperidine rings is 1. The number of likely N-dealkylation sites (tertiary alicyclic amines) is 1. The molecule has 0 aliphatic carbocycles. The SMILES string of the molecule is CCc1cc(C(=O)N2CC[C@@H](Oc3ccc(OC)c(OC)c3)[C@H](O)C2)no1. The average Bonchev–Trinajstić information content (AvgIpc) is 3.18. The van der Waals surface area contributed by atoms with Crippen molar-refractivity contribution >= 4 is 5.91 Å². The number of rotatable bonds is 6. The summed E-state index contributed by atoms with van der Waals surface area (Å²) in [5.41, 5.74) is 0.262. The molecule has 2 aromatic rings. The lowest BCUT2D eigenvalue weighted by Gasteiger charge is -2.35. The van der Waals surface area contributed by atoms with Crippen molar-refractivity contribution in [3.63, 3.8) is 0 Å². The van der Waals surface area contributed by atoms with Crippen molar-refractivity contribution in [2.75, 3.05) is 27.3 Å². The minimum absolute atomic E-state index is 0.172. The van der Waals surface area contributed by atoms with E-state index >= 15 is 0 Å². The summed E-state index contributed by atoms with van der Waals surface area (Å²) in [7, 11) is 3.11. The first kappa shape index (κ1) is 19.0. The fourth-order valence-electron chi connectivity index (χ4n) is 3.04. The molecule has 1 aliphatic rings. The highest BCUT2D eigenvalue weighted by atomic mass is 16.5. The normalized spacial score (nSPS) is 19.6. The maximum atomic E-state index is 12.5. The topological polar surface area (TPSA) is 94.3 Å². The van der Waals surface area contributed by atoms with Crippen LogP contribution in [0.25, 0.3) is 0 Å².